The molecule has 0 bridgehead atoms. The van der Waals surface area contributed by atoms with E-state index < -0.39 is 28.7 Å². The zero-order valence-corrected chi connectivity index (χ0v) is 22.4. The van der Waals surface area contributed by atoms with Crippen molar-refractivity contribution in [2.75, 3.05) is 12.4 Å². The summed E-state index contributed by atoms with van der Waals surface area (Å²) in [5.41, 5.74) is 0.108. The van der Waals surface area contributed by atoms with E-state index in [2.05, 4.69) is 15.6 Å². The third-order valence-electron chi connectivity index (χ3n) is 6.43. The van der Waals surface area contributed by atoms with E-state index in [1.807, 2.05) is 13.8 Å². The van der Waals surface area contributed by atoms with Gasteiger partial charge in [0.15, 0.2) is 0 Å². The van der Waals surface area contributed by atoms with E-state index in [1.165, 1.54) is 22.6 Å². The third kappa shape index (κ3) is 5.63. The van der Waals surface area contributed by atoms with Gasteiger partial charge in [0.05, 0.1) is 28.5 Å². The molecule has 1 aliphatic rings. The van der Waals surface area contributed by atoms with E-state index in [-0.39, 0.29) is 42.0 Å². The lowest BCUT2D eigenvalue weighted by atomic mass is 9.98. The Labute approximate surface area is 227 Å². The van der Waals surface area contributed by atoms with Crippen molar-refractivity contribution in [1.82, 2.24) is 19.8 Å². The summed E-state index contributed by atoms with van der Waals surface area (Å²) in [7, 11) is 1.52. The molecule has 2 heterocycles. The predicted molar refractivity (Wildman–Crippen MR) is 141 cm³/mol. The summed E-state index contributed by atoms with van der Waals surface area (Å²) in [5, 5.41) is 5.21. The van der Waals surface area contributed by atoms with Crippen LogP contribution in [-0.4, -0.2) is 45.4 Å². The van der Waals surface area contributed by atoms with Gasteiger partial charge in [-0.3, -0.25) is 14.4 Å². The van der Waals surface area contributed by atoms with Gasteiger partial charge in [0, 0.05) is 35.8 Å². The molecule has 0 saturated heterocycles. The van der Waals surface area contributed by atoms with Crippen LogP contribution in [0.1, 0.15) is 58.3 Å². The van der Waals surface area contributed by atoms with Gasteiger partial charge in [-0.05, 0) is 69.7 Å². The topological polar surface area (TPSA) is 96.3 Å². The quantitative estimate of drug-likeness (QED) is 0.472. The predicted octanol–water partition coefficient (Wildman–Crippen LogP) is 4.67. The normalized spacial score (nSPS) is 15.2. The van der Waals surface area contributed by atoms with Crippen LogP contribution in [0.4, 0.5) is 19.1 Å². The summed E-state index contributed by atoms with van der Waals surface area (Å²) in [5.74, 6) is -0.640. The number of carbonyl (C=O) groups excluding carboxylic acids is 2. The fraction of sp³-hybridized carbons (Fsp3) is 0.333. The number of anilines is 1. The van der Waals surface area contributed by atoms with Gasteiger partial charge in [0.1, 0.15) is 0 Å². The molecule has 12 heteroatoms. The number of hydrogen-bond donors (Lipinski definition) is 2. The van der Waals surface area contributed by atoms with Crippen molar-refractivity contribution >= 4 is 29.4 Å². The zero-order valence-electron chi connectivity index (χ0n) is 21.7. The SMILES string of the molecule is CNC(=O)c1ccc(-n2c(NC(C)C)nc3c(c2=O)C[C@@H](C)N(C(=O)c2ccc(Cl)c(C(F)(F)F)c2)C3)cc1. The van der Waals surface area contributed by atoms with E-state index in [0.29, 0.717) is 22.5 Å². The van der Waals surface area contributed by atoms with Crippen molar-refractivity contribution in [2.45, 2.75) is 52.0 Å². The van der Waals surface area contributed by atoms with Gasteiger partial charge in [0.2, 0.25) is 5.95 Å². The second-order valence-corrected chi connectivity index (χ2v) is 10.0. The summed E-state index contributed by atoms with van der Waals surface area (Å²) < 4.78 is 41.5. The Morgan fingerprint density at radius 2 is 1.74 bits per heavy atom. The lowest BCUT2D eigenvalue weighted by Gasteiger charge is -2.35. The molecule has 1 aromatic heterocycles. The van der Waals surface area contributed by atoms with Crippen molar-refractivity contribution in [3.05, 3.63) is 85.8 Å². The third-order valence-corrected chi connectivity index (χ3v) is 6.76. The average molecular weight is 562 g/mol. The van der Waals surface area contributed by atoms with Crippen LogP contribution in [0.5, 0.6) is 0 Å². The first-order valence-corrected chi connectivity index (χ1v) is 12.6. The number of fused-ring (bicyclic) bond motifs is 1. The Morgan fingerprint density at radius 3 is 2.33 bits per heavy atom. The molecule has 0 fully saturated rings. The molecule has 0 radical (unpaired) electrons. The van der Waals surface area contributed by atoms with E-state index in [1.54, 1.807) is 31.2 Å². The largest absolute Gasteiger partial charge is 0.417 e. The molecule has 1 aliphatic heterocycles. The van der Waals surface area contributed by atoms with E-state index >= 15 is 0 Å². The minimum Gasteiger partial charge on any atom is -0.355 e. The number of hydrogen-bond acceptors (Lipinski definition) is 5. The second kappa shape index (κ2) is 10.7. The van der Waals surface area contributed by atoms with Crippen LogP contribution in [0.2, 0.25) is 5.02 Å². The van der Waals surface area contributed by atoms with Crippen molar-refractivity contribution < 1.29 is 22.8 Å². The van der Waals surface area contributed by atoms with Crippen LogP contribution in [0, 0.1) is 0 Å². The first-order valence-electron chi connectivity index (χ1n) is 12.2. The Balaban J connectivity index is 1.75. The minimum atomic E-state index is -4.71. The molecule has 0 aliphatic carbocycles. The summed E-state index contributed by atoms with van der Waals surface area (Å²) in [4.78, 5) is 45.1. The molecule has 0 spiro atoms. The molecule has 3 aromatic rings. The molecule has 2 N–H and O–H groups in total. The molecular weight excluding hydrogens is 535 g/mol. The van der Waals surface area contributed by atoms with Crippen LogP contribution in [0.3, 0.4) is 0 Å². The van der Waals surface area contributed by atoms with Gasteiger partial charge >= 0.3 is 6.18 Å². The molecule has 1 atom stereocenters. The zero-order chi connectivity index (χ0) is 28.6. The van der Waals surface area contributed by atoms with Crippen LogP contribution in [-0.2, 0) is 19.1 Å². The van der Waals surface area contributed by atoms with Gasteiger partial charge in [0.25, 0.3) is 17.4 Å². The monoisotopic (exact) mass is 561 g/mol. The average Bonchev–Trinajstić information content (AvgIpc) is 2.87. The molecule has 2 amide bonds. The lowest BCUT2D eigenvalue weighted by Crippen LogP contribution is -2.46. The first kappa shape index (κ1) is 28.2. The maximum absolute atomic E-state index is 13.7. The van der Waals surface area contributed by atoms with Gasteiger partial charge < -0.3 is 15.5 Å². The maximum Gasteiger partial charge on any atom is 0.417 e. The Morgan fingerprint density at radius 1 is 1.10 bits per heavy atom. The van der Waals surface area contributed by atoms with Crippen molar-refractivity contribution in [3.8, 4) is 5.69 Å². The molecule has 2 aromatic carbocycles. The van der Waals surface area contributed by atoms with Gasteiger partial charge in [-0.15, -0.1) is 0 Å². The molecule has 4 rings (SSSR count). The fourth-order valence-corrected chi connectivity index (χ4v) is 4.70. The fourth-order valence-electron chi connectivity index (χ4n) is 4.47. The highest BCUT2D eigenvalue weighted by Gasteiger charge is 2.36. The smallest absolute Gasteiger partial charge is 0.355 e. The minimum absolute atomic E-state index is 0.0578. The van der Waals surface area contributed by atoms with Gasteiger partial charge in [-0.25, -0.2) is 9.55 Å². The van der Waals surface area contributed by atoms with Crippen LogP contribution in [0.25, 0.3) is 5.69 Å². The molecule has 206 valence electrons. The van der Waals surface area contributed by atoms with Crippen LogP contribution in [0.15, 0.2) is 47.3 Å². The Kier molecular flexibility index (Phi) is 7.74. The standard InChI is InChI=1S/C27H27ClF3N5O3/c1-14(2)33-26-34-22-13-35(24(38)17-7-10-21(28)20(12-17)27(29,30)31)15(3)11-19(22)25(39)36(26)18-8-5-16(6-9-18)23(37)32-4/h5-10,12,14-15H,11,13H2,1-4H3,(H,32,37)(H,33,34)/t15-/m1/s1. The van der Waals surface area contributed by atoms with Crippen LogP contribution >= 0.6 is 11.6 Å². The number of benzene rings is 2. The highest BCUT2D eigenvalue weighted by atomic mass is 35.5. The highest BCUT2D eigenvalue weighted by molar-refractivity contribution is 6.31. The number of halogens is 4. The number of nitrogens with one attached hydrogen (secondary N) is 2. The number of rotatable bonds is 5. The molecule has 39 heavy (non-hydrogen) atoms. The Bertz CT molecular complexity index is 1490. The van der Waals surface area contributed by atoms with E-state index in [4.69, 9.17) is 11.6 Å². The van der Waals surface area contributed by atoms with Crippen molar-refractivity contribution in [3.63, 3.8) is 0 Å². The van der Waals surface area contributed by atoms with Gasteiger partial charge in [-0.1, -0.05) is 11.6 Å². The Hall–Kier alpha value is -3.86. The molecule has 0 saturated carbocycles. The first-order chi connectivity index (χ1) is 18.3. The van der Waals surface area contributed by atoms with E-state index in [0.717, 1.165) is 12.1 Å². The number of carbonyl (C=O) groups is 2. The summed E-state index contributed by atoms with van der Waals surface area (Å²) in [6.45, 7) is 5.42. The van der Waals surface area contributed by atoms with Crippen molar-refractivity contribution in [2.24, 2.45) is 0 Å². The van der Waals surface area contributed by atoms with Crippen LogP contribution < -0.4 is 16.2 Å². The number of alkyl halides is 3. The number of nitrogens with zero attached hydrogens (tertiary/aromatic N) is 3. The summed E-state index contributed by atoms with van der Waals surface area (Å²) in [6.07, 6.45) is -4.55. The summed E-state index contributed by atoms with van der Waals surface area (Å²) >= 11 is 5.72. The number of amides is 2. The van der Waals surface area contributed by atoms with E-state index in [9.17, 15) is 27.6 Å². The molecule has 0 unspecified atom stereocenters. The summed E-state index contributed by atoms with van der Waals surface area (Å²) in [6, 6.07) is 8.95. The molecular formula is C27H27ClF3N5O3. The molecule has 8 nitrogen and oxygen atoms in total. The van der Waals surface area contributed by atoms with Gasteiger partial charge in [-0.2, -0.15) is 13.2 Å². The second-order valence-electron chi connectivity index (χ2n) is 9.60. The number of aromatic nitrogens is 2. The lowest BCUT2D eigenvalue weighted by molar-refractivity contribution is -0.137. The highest BCUT2D eigenvalue weighted by Crippen LogP contribution is 2.36. The maximum atomic E-state index is 13.7. The van der Waals surface area contributed by atoms with Crippen molar-refractivity contribution in [1.29, 1.82) is 0 Å².